The smallest absolute Gasteiger partial charge is 0.0589 e. The van der Waals surface area contributed by atoms with Gasteiger partial charge in [-0.2, -0.15) is 0 Å². The van der Waals surface area contributed by atoms with Gasteiger partial charge in [-0.3, -0.25) is 4.90 Å². The Morgan fingerprint density at radius 1 is 1.25 bits per heavy atom. The van der Waals surface area contributed by atoms with Crippen LogP contribution in [0.5, 0.6) is 0 Å². The molecule has 6 heteroatoms. The normalized spacial score (nSPS) is 12.9. The van der Waals surface area contributed by atoms with E-state index in [1.54, 1.807) is 14.2 Å². The first-order chi connectivity index (χ1) is 9.63. The molecule has 1 unspecified atom stereocenters. The Kier molecular flexibility index (Phi) is 8.68. The van der Waals surface area contributed by atoms with Crippen LogP contribution >= 0.6 is 27.5 Å². The van der Waals surface area contributed by atoms with Crippen molar-refractivity contribution in [3.8, 4) is 0 Å². The number of hydrogen-bond donors (Lipinski definition) is 1. The van der Waals surface area contributed by atoms with Crippen molar-refractivity contribution in [2.75, 3.05) is 47.1 Å². The highest BCUT2D eigenvalue weighted by Crippen LogP contribution is 2.28. The molecule has 0 radical (unpaired) electrons. The maximum atomic E-state index is 6.04. The fourth-order valence-electron chi connectivity index (χ4n) is 2.06. The van der Waals surface area contributed by atoms with Crippen LogP contribution in [-0.4, -0.2) is 52.0 Å². The van der Waals surface area contributed by atoms with Gasteiger partial charge >= 0.3 is 0 Å². The topological polar surface area (TPSA) is 47.7 Å². The van der Waals surface area contributed by atoms with Crippen LogP contribution in [0.4, 0.5) is 0 Å². The molecule has 0 amide bonds. The van der Waals surface area contributed by atoms with E-state index < -0.39 is 0 Å². The summed E-state index contributed by atoms with van der Waals surface area (Å²) in [5.41, 5.74) is 7.10. The van der Waals surface area contributed by atoms with Crippen molar-refractivity contribution in [1.29, 1.82) is 0 Å². The Balaban J connectivity index is 2.88. The number of hydrogen-bond acceptors (Lipinski definition) is 4. The average Bonchev–Trinajstić information content (AvgIpc) is 2.45. The maximum Gasteiger partial charge on any atom is 0.0589 e. The number of methoxy groups -OCH3 is 2. The van der Waals surface area contributed by atoms with E-state index in [1.807, 2.05) is 18.2 Å². The van der Waals surface area contributed by atoms with E-state index in [0.717, 1.165) is 23.1 Å². The summed E-state index contributed by atoms with van der Waals surface area (Å²) in [4.78, 5) is 2.27. The molecular weight excluding hydrogens is 344 g/mol. The Morgan fingerprint density at radius 3 is 2.30 bits per heavy atom. The first-order valence-electron chi connectivity index (χ1n) is 6.51. The van der Waals surface area contributed by atoms with Gasteiger partial charge in [0.15, 0.2) is 0 Å². The van der Waals surface area contributed by atoms with E-state index in [2.05, 4.69) is 20.8 Å². The molecule has 4 nitrogen and oxygen atoms in total. The highest BCUT2D eigenvalue weighted by atomic mass is 79.9. The van der Waals surface area contributed by atoms with Gasteiger partial charge in [0.2, 0.25) is 0 Å². The second-order valence-electron chi connectivity index (χ2n) is 4.45. The quantitative estimate of drug-likeness (QED) is 0.731. The minimum absolute atomic E-state index is 0.119. The summed E-state index contributed by atoms with van der Waals surface area (Å²) in [6.07, 6.45) is 0. The van der Waals surface area contributed by atoms with Gasteiger partial charge in [0.05, 0.1) is 18.2 Å². The van der Waals surface area contributed by atoms with Crippen LogP contribution in [0.1, 0.15) is 11.6 Å². The molecule has 0 aliphatic carbocycles. The lowest BCUT2D eigenvalue weighted by Crippen LogP contribution is -2.38. The van der Waals surface area contributed by atoms with Crippen molar-refractivity contribution in [2.24, 2.45) is 5.73 Å². The van der Waals surface area contributed by atoms with Crippen molar-refractivity contribution in [3.05, 3.63) is 33.3 Å². The Bertz CT molecular complexity index is 399. The van der Waals surface area contributed by atoms with Crippen LogP contribution in [0.3, 0.4) is 0 Å². The SMILES string of the molecule is COCCN(CCOC)C(CN)c1ccc(Cl)c(Br)c1. The first kappa shape index (κ1) is 17.9. The van der Waals surface area contributed by atoms with Crippen LogP contribution < -0.4 is 5.73 Å². The van der Waals surface area contributed by atoms with E-state index >= 15 is 0 Å². The zero-order valence-electron chi connectivity index (χ0n) is 11.9. The van der Waals surface area contributed by atoms with E-state index in [9.17, 15) is 0 Å². The zero-order valence-corrected chi connectivity index (χ0v) is 14.3. The van der Waals surface area contributed by atoms with E-state index in [-0.39, 0.29) is 6.04 Å². The van der Waals surface area contributed by atoms with Gasteiger partial charge in [-0.15, -0.1) is 0 Å². The molecular formula is C14H22BrClN2O2. The molecule has 0 saturated carbocycles. The second kappa shape index (κ2) is 9.71. The molecule has 0 spiro atoms. The largest absolute Gasteiger partial charge is 0.383 e. The summed E-state index contributed by atoms with van der Waals surface area (Å²) in [6.45, 7) is 3.47. The van der Waals surface area contributed by atoms with Crippen molar-refractivity contribution >= 4 is 27.5 Å². The first-order valence-corrected chi connectivity index (χ1v) is 7.68. The molecule has 0 aliphatic rings. The average molecular weight is 366 g/mol. The van der Waals surface area contributed by atoms with Gasteiger partial charge in [-0.25, -0.2) is 0 Å². The van der Waals surface area contributed by atoms with Crippen molar-refractivity contribution in [3.63, 3.8) is 0 Å². The molecule has 1 rings (SSSR count). The molecule has 0 bridgehead atoms. The lowest BCUT2D eigenvalue weighted by molar-refractivity contribution is 0.0891. The molecule has 114 valence electrons. The van der Waals surface area contributed by atoms with Crippen molar-refractivity contribution in [1.82, 2.24) is 4.90 Å². The monoisotopic (exact) mass is 364 g/mol. The van der Waals surface area contributed by atoms with Gasteiger partial charge in [0, 0.05) is 44.4 Å². The second-order valence-corrected chi connectivity index (χ2v) is 5.71. The third-order valence-corrected chi connectivity index (χ3v) is 4.37. The van der Waals surface area contributed by atoms with Gasteiger partial charge in [-0.05, 0) is 33.6 Å². The molecule has 1 atom stereocenters. The standard InChI is InChI=1S/C14H22BrClN2O2/c1-19-7-5-18(6-8-20-2)14(10-17)11-3-4-13(16)12(15)9-11/h3-4,9,14H,5-8,10,17H2,1-2H3. The fraction of sp³-hybridized carbons (Fsp3) is 0.571. The van der Waals surface area contributed by atoms with Crippen LogP contribution in [0, 0.1) is 0 Å². The summed E-state index contributed by atoms with van der Waals surface area (Å²) in [5.74, 6) is 0. The molecule has 0 saturated heterocycles. The fourth-order valence-corrected chi connectivity index (χ4v) is 2.57. The summed E-state index contributed by atoms with van der Waals surface area (Å²) < 4.78 is 11.2. The molecule has 1 aromatic rings. The molecule has 0 fully saturated rings. The molecule has 0 aliphatic heterocycles. The number of halogens is 2. The Hall–Kier alpha value is -0.170. The highest BCUT2D eigenvalue weighted by Gasteiger charge is 2.19. The summed E-state index contributed by atoms with van der Waals surface area (Å²) in [5, 5.41) is 0.699. The summed E-state index contributed by atoms with van der Waals surface area (Å²) in [6, 6.07) is 6.03. The number of rotatable bonds is 9. The lowest BCUT2D eigenvalue weighted by atomic mass is 10.1. The Labute approximate surface area is 134 Å². The minimum Gasteiger partial charge on any atom is -0.383 e. The van der Waals surface area contributed by atoms with Crippen LogP contribution in [0.2, 0.25) is 5.02 Å². The molecule has 0 heterocycles. The predicted octanol–water partition coefficient (Wildman–Crippen LogP) is 2.70. The van der Waals surface area contributed by atoms with E-state index in [1.165, 1.54) is 0 Å². The number of nitrogens with two attached hydrogens (primary N) is 1. The molecule has 2 N–H and O–H groups in total. The summed E-state index contributed by atoms with van der Waals surface area (Å²) in [7, 11) is 3.40. The molecule has 0 aromatic heterocycles. The predicted molar refractivity (Wildman–Crippen MR) is 86.3 cm³/mol. The number of nitrogens with zero attached hydrogens (tertiary/aromatic N) is 1. The van der Waals surface area contributed by atoms with Gasteiger partial charge in [0.1, 0.15) is 0 Å². The molecule has 1 aromatic carbocycles. The third kappa shape index (κ3) is 5.31. The van der Waals surface area contributed by atoms with Crippen molar-refractivity contribution in [2.45, 2.75) is 6.04 Å². The Morgan fingerprint density at radius 2 is 1.85 bits per heavy atom. The van der Waals surface area contributed by atoms with Crippen LogP contribution in [0.25, 0.3) is 0 Å². The maximum absolute atomic E-state index is 6.04. The van der Waals surface area contributed by atoms with Crippen molar-refractivity contribution < 1.29 is 9.47 Å². The van der Waals surface area contributed by atoms with E-state index in [4.69, 9.17) is 26.8 Å². The highest BCUT2D eigenvalue weighted by molar-refractivity contribution is 9.10. The third-order valence-electron chi connectivity index (χ3n) is 3.16. The number of benzene rings is 1. The zero-order chi connectivity index (χ0) is 15.0. The summed E-state index contributed by atoms with van der Waals surface area (Å²) >= 11 is 9.50. The van der Waals surface area contributed by atoms with Crippen LogP contribution in [0.15, 0.2) is 22.7 Å². The molecule has 20 heavy (non-hydrogen) atoms. The van der Waals surface area contributed by atoms with Crippen LogP contribution in [-0.2, 0) is 9.47 Å². The van der Waals surface area contributed by atoms with Gasteiger partial charge in [-0.1, -0.05) is 17.7 Å². The minimum atomic E-state index is 0.119. The number of ether oxygens (including phenoxy) is 2. The van der Waals surface area contributed by atoms with Gasteiger partial charge < -0.3 is 15.2 Å². The van der Waals surface area contributed by atoms with Gasteiger partial charge in [0.25, 0.3) is 0 Å². The van der Waals surface area contributed by atoms with E-state index in [0.29, 0.717) is 24.8 Å². The lowest BCUT2D eigenvalue weighted by Gasteiger charge is -2.31.